The number of aromatic nitrogens is 1. The average Bonchev–Trinajstić information content (AvgIpc) is 3.10. The van der Waals surface area contributed by atoms with E-state index in [9.17, 15) is 4.79 Å². The Labute approximate surface area is 129 Å². The lowest BCUT2D eigenvalue weighted by molar-refractivity contribution is 0.102. The minimum Gasteiger partial charge on any atom is -0.357 e. The molecule has 1 N–H and O–H groups in total. The van der Waals surface area contributed by atoms with Crippen molar-refractivity contribution in [3.8, 4) is 6.07 Å². The quantitative estimate of drug-likeness (QED) is 0.944. The third-order valence-corrected chi connectivity index (χ3v) is 3.69. The fourth-order valence-electron chi connectivity index (χ4n) is 2.53. The van der Waals surface area contributed by atoms with Crippen LogP contribution in [0.25, 0.3) is 0 Å². The lowest BCUT2D eigenvalue weighted by Crippen LogP contribution is -2.19. The Morgan fingerprint density at radius 3 is 2.73 bits per heavy atom. The van der Waals surface area contributed by atoms with E-state index in [2.05, 4.69) is 15.2 Å². The van der Waals surface area contributed by atoms with Gasteiger partial charge in [0.15, 0.2) is 0 Å². The molecule has 0 aliphatic carbocycles. The molecule has 1 aliphatic heterocycles. The first-order valence-corrected chi connectivity index (χ1v) is 7.29. The number of nitrogens with one attached hydrogen (secondary N) is 1. The maximum Gasteiger partial charge on any atom is 0.255 e. The highest BCUT2D eigenvalue weighted by atomic mass is 16.1. The fraction of sp³-hybridized carbons (Fsp3) is 0.235. The molecule has 3 rings (SSSR count). The molecule has 0 atom stereocenters. The first-order chi connectivity index (χ1) is 10.8. The van der Waals surface area contributed by atoms with Gasteiger partial charge in [0.25, 0.3) is 5.91 Å². The van der Waals surface area contributed by atoms with Crippen LogP contribution in [0.5, 0.6) is 0 Å². The van der Waals surface area contributed by atoms with Crippen LogP contribution in [0.4, 0.5) is 11.5 Å². The number of carbonyl (C=O) groups is 1. The van der Waals surface area contributed by atoms with Crippen LogP contribution >= 0.6 is 0 Å². The second kappa shape index (κ2) is 6.27. The molecule has 1 aliphatic rings. The summed E-state index contributed by atoms with van der Waals surface area (Å²) in [6.45, 7) is 2.08. The molecule has 22 heavy (non-hydrogen) atoms. The van der Waals surface area contributed by atoms with Crippen molar-refractivity contribution in [3.63, 3.8) is 0 Å². The lowest BCUT2D eigenvalue weighted by atomic mass is 10.1. The summed E-state index contributed by atoms with van der Waals surface area (Å²) in [4.78, 5) is 18.8. The number of amides is 1. The minimum atomic E-state index is -0.243. The van der Waals surface area contributed by atoms with Gasteiger partial charge in [-0.2, -0.15) is 5.26 Å². The van der Waals surface area contributed by atoms with Crippen LogP contribution in [0.2, 0.25) is 0 Å². The molecule has 1 amide bonds. The predicted molar refractivity (Wildman–Crippen MR) is 84.8 cm³/mol. The average molecular weight is 292 g/mol. The summed E-state index contributed by atoms with van der Waals surface area (Å²) in [5.74, 6) is 0.704. The van der Waals surface area contributed by atoms with E-state index in [0.717, 1.165) is 18.9 Å². The maximum atomic E-state index is 12.2. The largest absolute Gasteiger partial charge is 0.357 e. The van der Waals surface area contributed by atoms with Gasteiger partial charge in [-0.1, -0.05) is 6.07 Å². The molecule has 1 aromatic carbocycles. The highest BCUT2D eigenvalue weighted by Gasteiger charge is 2.13. The van der Waals surface area contributed by atoms with Gasteiger partial charge < -0.3 is 10.2 Å². The van der Waals surface area contributed by atoms with E-state index in [4.69, 9.17) is 5.26 Å². The van der Waals surface area contributed by atoms with E-state index in [-0.39, 0.29) is 5.91 Å². The van der Waals surface area contributed by atoms with E-state index < -0.39 is 0 Å². The van der Waals surface area contributed by atoms with Crippen molar-refractivity contribution in [2.75, 3.05) is 23.3 Å². The number of carbonyl (C=O) groups excluding carboxylic acids is 1. The van der Waals surface area contributed by atoms with Crippen LogP contribution < -0.4 is 10.2 Å². The van der Waals surface area contributed by atoms with Crippen LogP contribution in [-0.4, -0.2) is 24.0 Å². The zero-order chi connectivity index (χ0) is 15.4. The van der Waals surface area contributed by atoms with Crippen molar-refractivity contribution in [1.29, 1.82) is 5.26 Å². The molecular weight excluding hydrogens is 276 g/mol. The maximum absolute atomic E-state index is 12.2. The summed E-state index contributed by atoms with van der Waals surface area (Å²) in [5.41, 5.74) is 1.58. The molecule has 110 valence electrons. The number of nitrogens with zero attached hydrogens (tertiary/aromatic N) is 3. The Balaban J connectivity index is 1.69. The zero-order valence-electron chi connectivity index (χ0n) is 12.1. The number of nitriles is 1. The van der Waals surface area contributed by atoms with Crippen LogP contribution in [0.3, 0.4) is 0 Å². The molecule has 2 heterocycles. The Morgan fingerprint density at radius 2 is 2.05 bits per heavy atom. The van der Waals surface area contributed by atoms with Gasteiger partial charge in [0.1, 0.15) is 5.82 Å². The monoisotopic (exact) mass is 292 g/mol. The molecule has 1 fully saturated rings. The smallest absolute Gasteiger partial charge is 0.255 e. The number of benzene rings is 1. The van der Waals surface area contributed by atoms with Crippen molar-refractivity contribution in [3.05, 3.63) is 53.7 Å². The molecular formula is C17H16N4O. The Hall–Kier alpha value is -2.87. The fourth-order valence-corrected chi connectivity index (χ4v) is 2.53. The number of pyridine rings is 1. The summed E-state index contributed by atoms with van der Waals surface area (Å²) in [7, 11) is 0. The van der Waals surface area contributed by atoms with E-state index in [1.54, 1.807) is 30.5 Å². The topological polar surface area (TPSA) is 69.0 Å². The summed E-state index contributed by atoms with van der Waals surface area (Å²) in [6.07, 6.45) is 4.07. The van der Waals surface area contributed by atoms with Crippen molar-refractivity contribution in [2.24, 2.45) is 0 Å². The molecule has 0 unspecified atom stereocenters. The van der Waals surface area contributed by atoms with Crippen LogP contribution in [0, 0.1) is 11.3 Å². The normalized spacial score (nSPS) is 13.7. The second-order valence-electron chi connectivity index (χ2n) is 5.25. The van der Waals surface area contributed by atoms with Gasteiger partial charge in [-0.3, -0.25) is 4.79 Å². The van der Waals surface area contributed by atoms with Crippen LogP contribution in [-0.2, 0) is 0 Å². The van der Waals surface area contributed by atoms with Crippen LogP contribution in [0.1, 0.15) is 28.8 Å². The van der Waals surface area contributed by atoms with Gasteiger partial charge in [0, 0.05) is 18.7 Å². The number of anilines is 2. The highest BCUT2D eigenvalue weighted by molar-refractivity contribution is 6.04. The summed E-state index contributed by atoms with van der Waals surface area (Å²) in [5, 5.41) is 11.7. The third kappa shape index (κ3) is 3.07. The standard InChI is InChI=1S/C17H16N4O/c18-11-13-4-3-5-14(10-13)17(22)20-15-6-7-16(19-12-15)21-8-1-2-9-21/h3-7,10,12H,1-2,8-9H2,(H,20,22). The van der Waals surface area contributed by atoms with Gasteiger partial charge in [0.05, 0.1) is 23.5 Å². The lowest BCUT2D eigenvalue weighted by Gasteiger charge is -2.16. The number of hydrogen-bond acceptors (Lipinski definition) is 4. The number of rotatable bonds is 3. The molecule has 1 saturated heterocycles. The zero-order valence-corrected chi connectivity index (χ0v) is 12.1. The van der Waals surface area contributed by atoms with Gasteiger partial charge in [-0.05, 0) is 43.2 Å². The molecule has 1 aromatic heterocycles. The molecule has 0 bridgehead atoms. The Bertz CT molecular complexity index is 712. The predicted octanol–water partition coefficient (Wildman–Crippen LogP) is 2.81. The van der Waals surface area contributed by atoms with Crippen molar-refractivity contribution in [2.45, 2.75) is 12.8 Å². The molecule has 2 aromatic rings. The number of hydrogen-bond donors (Lipinski definition) is 1. The summed E-state index contributed by atoms with van der Waals surface area (Å²) in [6, 6.07) is 12.4. The van der Waals surface area contributed by atoms with Crippen molar-refractivity contribution in [1.82, 2.24) is 4.98 Å². The second-order valence-corrected chi connectivity index (χ2v) is 5.25. The molecule has 0 radical (unpaired) electrons. The summed E-state index contributed by atoms with van der Waals surface area (Å²) >= 11 is 0. The minimum absolute atomic E-state index is 0.243. The Morgan fingerprint density at radius 1 is 1.23 bits per heavy atom. The van der Waals surface area contributed by atoms with E-state index in [1.165, 1.54) is 12.8 Å². The van der Waals surface area contributed by atoms with E-state index >= 15 is 0 Å². The van der Waals surface area contributed by atoms with Crippen LogP contribution in [0.15, 0.2) is 42.6 Å². The highest BCUT2D eigenvalue weighted by Crippen LogP contribution is 2.19. The summed E-state index contributed by atoms with van der Waals surface area (Å²) < 4.78 is 0. The van der Waals surface area contributed by atoms with Gasteiger partial charge in [-0.25, -0.2) is 4.98 Å². The van der Waals surface area contributed by atoms with Gasteiger partial charge in [-0.15, -0.1) is 0 Å². The molecule has 0 spiro atoms. The van der Waals surface area contributed by atoms with Crippen molar-refractivity contribution < 1.29 is 4.79 Å². The first-order valence-electron chi connectivity index (χ1n) is 7.29. The van der Waals surface area contributed by atoms with E-state index in [0.29, 0.717) is 16.8 Å². The van der Waals surface area contributed by atoms with Gasteiger partial charge >= 0.3 is 0 Å². The molecule has 5 nitrogen and oxygen atoms in total. The first kappa shape index (κ1) is 14.1. The SMILES string of the molecule is N#Cc1cccc(C(=O)Nc2ccc(N3CCCC3)nc2)c1. The van der Waals surface area contributed by atoms with E-state index in [1.807, 2.05) is 18.2 Å². The molecule has 5 heteroatoms. The van der Waals surface area contributed by atoms with Gasteiger partial charge in [0.2, 0.25) is 0 Å². The molecule has 0 saturated carbocycles. The Kier molecular flexibility index (Phi) is 4.01. The third-order valence-electron chi connectivity index (χ3n) is 3.69. The van der Waals surface area contributed by atoms with Crippen molar-refractivity contribution >= 4 is 17.4 Å².